The molecule has 0 unspecified atom stereocenters. The Labute approximate surface area is 150 Å². The number of nitrogens with zero attached hydrogens (tertiary/aromatic N) is 2. The van der Waals surface area contributed by atoms with E-state index in [0.29, 0.717) is 12.1 Å². The Balaban J connectivity index is 1.63. The van der Waals surface area contributed by atoms with Crippen molar-refractivity contribution in [1.82, 2.24) is 9.97 Å². The number of ether oxygens (including phenoxy) is 1. The Morgan fingerprint density at radius 1 is 1.32 bits per heavy atom. The molecule has 2 aromatic heterocycles. The van der Waals surface area contributed by atoms with E-state index in [4.69, 9.17) is 9.72 Å². The second-order valence-electron chi connectivity index (χ2n) is 6.13. The normalized spacial score (nSPS) is 13.5. The maximum Gasteiger partial charge on any atom is 0.337 e. The Morgan fingerprint density at radius 2 is 2.20 bits per heavy atom. The van der Waals surface area contributed by atoms with Crippen molar-refractivity contribution in [3.63, 3.8) is 0 Å². The minimum atomic E-state index is -0.349. The number of carbonyl (C=O) groups excluding carboxylic acids is 1. The smallest absolute Gasteiger partial charge is 0.337 e. The van der Waals surface area contributed by atoms with Crippen LogP contribution in [0.4, 0.5) is 5.69 Å². The number of carbonyl (C=O) groups is 1. The van der Waals surface area contributed by atoms with E-state index in [1.807, 2.05) is 12.1 Å². The summed E-state index contributed by atoms with van der Waals surface area (Å²) >= 11 is 1.79. The molecule has 1 aromatic carbocycles. The van der Waals surface area contributed by atoms with E-state index in [0.717, 1.165) is 34.4 Å². The summed E-state index contributed by atoms with van der Waals surface area (Å²) in [5.41, 5.74) is 3.45. The van der Waals surface area contributed by atoms with Gasteiger partial charge in [0, 0.05) is 16.5 Å². The van der Waals surface area contributed by atoms with Crippen LogP contribution in [-0.4, -0.2) is 23.0 Å². The van der Waals surface area contributed by atoms with Crippen LogP contribution < -0.4 is 5.32 Å². The molecule has 0 aliphatic heterocycles. The van der Waals surface area contributed by atoms with Gasteiger partial charge in [-0.1, -0.05) is 6.07 Å². The van der Waals surface area contributed by atoms with Crippen molar-refractivity contribution < 1.29 is 9.53 Å². The third kappa shape index (κ3) is 3.22. The van der Waals surface area contributed by atoms with Gasteiger partial charge in [0.2, 0.25) is 0 Å². The van der Waals surface area contributed by atoms with Crippen molar-refractivity contribution >= 4 is 33.9 Å². The molecule has 0 saturated heterocycles. The number of pyridine rings is 1. The lowest BCUT2D eigenvalue weighted by atomic mass is 10.0. The SMILES string of the molecule is COC(=O)c1cc(NCc2nc3c(s2)CCCC3)c2ncccc2c1. The fourth-order valence-electron chi connectivity index (χ4n) is 3.21. The van der Waals surface area contributed by atoms with Crippen LogP contribution in [0.1, 0.15) is 38.8 Å². The van der Waals surface area contributed by atoms with Gasteiger partial charge in [-0.25, -0.2) is 9.78 Å². The molecule has 0 atom stereocenters. The molecule has 0 bridgehead atoms. The van der Waals surface area contributed by atoms with Crippen molar-refractivity contribution in [3.05, 3.63) is 51.6 Å². The molecule has 1 aliphatic rings. The van der Waals surface area contributed by atoms with E-state index < -0.39 is 0 Å². The van der Waals surface area contributed by atoms with E-state index in [9.17, 15) is 4.79 Å². The number of fused-ring (bicyclic) bond motifs is 2. The summed E-state index contributed by atoms with van der Waals surface area (Å²) in [6, 6.07) is 7.42. The summed E-state index contributed by atoms with van der Waals surface area (Å²) in [7, 11) is 1.39. The monoisotopic (exact) mass is 353 g/mol. The molecule has 1 aliphatic carbocycles. The number of hydrogen-bond donors (Lipinski definition) is 1. The zero-order chi connectivity index (χ0) is 17.2. The average molecular weight is 353 g/mol. The van der Waals surface area contributed by atoms with Crippen molar-refractivity contribution in [1.29, 1.82) is 0 Å². The van der Waals surface area contributed by atoms with Gasteiger partial charge in [0.05, 0.1) is 36.1 Å². The first-order chi connectivity index (χ1) is 12.2. The molecular weight excluding hydrogens is 334 g/mol. The van der Waals surface area contributed by atoms with Crippen LogP contribution in [0.5, 0.6) is 0 Å². The predicted molar refractivity (Wildman–Crippen MR) is 99.2 cm³/mol. The van der Waals surface area contributed by atoms with E-state index in [1.165, 1.54) is 30.5 Å². The molecule has 0 saturated carbocycles. The molecule has 5 nitrogen and oxygen atoms in total. The molecular formula is C19H19N3O2S. The van der Waals surface area contributed by atoms with Gasteiger partial charge >= 0.3 is 5.97 Å². The molecule has 25 heavy (non-hydrogen) atoms. The summed E-state index contributed by atoms with van der Waals surface area (Å²) in [6.45, 7) is 0.633. The van der Waals surface area contributed by atoms with Crippen LogP contribution in [0, 0.1) is 0 Å². The molecule has 128 valence electrons. The number of anilines is 1. The number of nitrogens with one attached hydrogen (secondary N) is 1. The summed E-state index contributed by atoms with van der Waals surface area (Å²) < 4.78 is 4.86. The first-order valence-corrected chi connectivity index (χ1v) is 9.24. The van der Waals surface area contributed by atoms with Crippen LogP contribution >= 0.6 is 11.3 Å². The number of methoxy groups -OCH3 is 1. The lowest BCUT2D eigenvalue weighted by molar-refractivity contribution is 0.0601. The maximum absolute atomic E-state index is 11.9. The maximum atomic E-state index is 11.9. The minimum absolute atomic E-state index is 0.349. The summed E-state index contributed by atoms with van der Waals surface area (Å²) in [6.07, 6.45) is 6.49. The molecule has 0 spiro atoms. The van der Waals surface area contributed by atoms with Gasteiger partial charge in [0.15, 0.2) is 0 Å². The number of aryl methyl sites for hydroxylation is 2. The number of esters is 1. The lowest BCUT2D eigenvalue weighted by Crippen LogP contribution is -2.05. The van der Waals surface area contributed by atoms with Gasteiger partial charge in [-0.15, -0.1) is 11.3 Å². The van der Waals surface area contributed by atoms with E-state index >= 15 is 0 Å². The highest BCUT2D eigenvalue weighted by Gasteiger charge is 2.16. The van der Waals surface area contributed by atoms with Gasteiger partial charge in [-0.05, 0) is 43.9 Å². The third-order valence-corrected chi connectivity index (χ3v) is 5.60. The molecule has 0 amide bonds. The van der Waals surface area contributed by atoms with Crippen LogP contribution in [0.2, 0.25) is 0 Å². The highest BCUT2D eigenvalue weighted by atomic mass is 32.1. The quantitative estimate of drug-likeness (QED) is 0.719. The van der Waals surface area contributed by atoms with E-state index in [1.54, 1.807) is 29.7 Å². The van der Waals surface area contributed by atoms with Crippen LogP contribution in [0.15, 0.2) is 30.5 Å². The Hall–Kier alpha value is -2.47. The summed E-state index contributed by atoms with van der Waals surface area (Å²) in [4.78, 5) is 22.6. The molecule has 4 rings (SSSR count). The number of rotatable bonds is 4. The summed E-state index contributed by atoms with van der Waals surface area (Å²) in [5, 5.41) is 5.40. The second-order valence-corrected chi connectivity index (χ2v) is 7.30. The van der Waals surface area contributed by atoms with Crippen LogP contribution in [-0.2, 0) is 24.1 Å². The fourth-order valence-corrected chi connectivity index (χ4v) is 4.31. The highest BCUT2D eigenvalue weighted by Crippen LogP contribution is 2.28. The Kier molecular flexibility index (Phi) is 4.36. The molecule has 0 radical (unpaired) electrons. The number of hydrogen-bond acceptors (Lipinski definition) is 6. The number of benzene rings is 1. The minimum Gasteiger partial charge on any atom is -0.465 e. The topological polar surface area (TPSA) is 64.1 Å². The van der Waals surface area contributed by atoms with Gasteiger partial charge < -0.3 is 10.1 Å². The molecule has 1 N–H and O–H groups in total. The molecule has 6 heteroatoms. The Bertz CT molecular complexity index is 912. The number of thiazole rings is 1. The largest absolute Gasteiger partial charge is 0.465 e. The first-order valence-electron chi connectivity index (χ1n) is 8.43. The van der Waals surface area contributed by atoms with Crippen LogP contribution in [0.25, 0.3) is 10.9 Å². The predicted octanol–water partition coefficient (Wildman–Crippen LogP) is 3.97. The van der Waals surface area contributed by atoms with Gasteiger partial charge in [-0.2, -0.15) is 0 Å². The standard InChI is InChI=1S/C19H19N3O2S/c1-24-19(23)13-9-12-5-4-8-20-18(12)15(10-13)21-11-17-22-14-6-2-3-7-16(14)25-17/h4-5,8-10,21H,2-3,6-7,11H2,1H3. The highest BCUT2D eigenvalue weighted by molar-refractivity contribution is 7.11. The Morgan fingerprint density at radius 3 is 3.04 bits per heavy atom. The van der Waals surface area contributed by atoms with E-state index in [-0.39, 0.29) is 5.97 Å². The van der Waals surface area contributed by atoms with Gasteiger partial charge in [-0.3, -0.25) is 4.98 Å². The van der Waals surface area contributed by atoms with Crippen molar-refractivity contribution in [2.75, 3.05) is 12.4 Å². The fraction of sp³-hybridized carbons (Fsp3) is 0.316. The van der Waals surface area contributed by atoms with Gasteiger partial charge in [0.25, 0.3) is 0 Å². The second kappa shape index (κ2) is 6.80. The summed E-state index contributed by atoms with van der Waals surface area (Å²) in [5.74, 6) is -0.349. The van der Waals surface area contributed by atoms with Crippen molar-refractivity contribution in [2.45, 2.75) is 32.2 Å². The van der Waals surface area contributed by atoms with Crippen molar-refractivity contribution in [3.8, 4) is 0 Å². The molecule has 0 fully saturated rings. The number of aromatic nitrogens is 2. The van der Waals surface area contributed by atoms with E-state index in [2.05, 4.69) is 10.3 Å². The molecule has 3 aromatic rings. The zero-order valence-electron chi connectivity index (χ0n) is 14.0. The van der Waals surface area contributed by atoms with Crippen molar-refractivity contribution in [2.24, 2.45) is 0 Å². The lowest BCUT2D eigenvalue weighted by Gasteiger charge is -2.10. The first kappa shape index (κ1) is 16.0. The third-order valence-electron chi connectivity index (χ3n) is 4.45. The zero-order valence-corrected chi connectivity index (χ0v) is 14.9. The molecule has 2 heterocycles. The van der Waals surface area contributed by atoms with Gasteiger partial charge in [0.1, 0.15) is 5.01 Å². The van der Waals surface area contributed by atoms with Crippen LogP contribution in [0.3, 0.4) is 0 Å². The average Bonchev–Trinajstić information content (AvgIpc) is 3.08.